The fraction of sp³-hybridized carbons (Fsp3) is 0.0625. The van der Waals surface area contributed by atoms with Crippen LogP contribution < -0.4 is 10.2 Å². The number of rotatable bonds is 6. The van der Waals surface area contributed by atoms with Crippen LogP contribution in [-0.2, 0) is 0 Å². The molecular formula is C32H28N2. The highest BCUT2D eigenvalue weighted by Gasteiger charge is 2.12. The van der Waals surface area contributed by atoms with Crippen LogP contribution in [0.4, 0.5) is 28.4 Å². The molecule has 2 heteroatoms. The van der Waals surface area contributed by atoms with E-state index in [9.17, 15) is 0 Å². The van der Waals surface area contributed by atoms with Gasteiger partial charge in [0.1, 0.15) is 0 Å². The third kappa shape index (κ3) is 4.87. The molecule has 0 fully saturated rings. The molecule has 0 atom stereocenters. The summed E-state index contributed by atoms with van der Waals surface area (Å²) < 4.78 is 0. The molecule has 0 heterocycles. The van der Waals surface area contributed by atoms with Crippen LogP contribution >= 0.6 is 0 Å². The van der Waals surface area contributed by atoms with Crippen LogP contribution in [0.15, 0.2) is 127 Å². The first-order chi connectivity index (χ1) is 16.7. The van der Waals surface area contributed by atoms with Crippen LogP contribution in [0.3, 0.4) is 0 Å². The summed E-state index contributed by atoms with van der Waals surface area (Å²) >= 11 is 0. The van der Waals surface area contributed by atoms with E-state index in [1.165, 1.54) is 22.3 Å². The molecule has 0 spiro atoms. The molecule has 0 aliphatic heterocycles. The molecular weight excluding hydrogens is 412 g/mol. The van der Waals surface area contributed by atoms with E-state index in [0.29, 0.717) is 0 Å². The van der Waals surface area contributed by atoms with E-state index in [2.05, 4.69) is 151 Å². The Bertz CT molecular complexity index is 1370. The van der Waals surface area contributed by atoms with E-state index in [0.717, 1.165) is 28.4 Å². The van der Waals surface area contributed by atoms with Crippen LogP contribution in [0, 0.1) is 13.8 Å². The van der Waals surface area contributed by atoms with Gasteiger partial charge in [-0.15, -0.1) is 0 Å². The largest absolute Gasteiger partial charge is 0.356 e. The summed E-state index contributed by atoms with van der Waals surface area (Å²) in [5.74, 6) is 0. The number of nitrogens with one attached hydrogen (secondary N) is 1. The second-order valence-electron chi connectivity index (χ2n) is 8.63. The maximum absolute atomic E-state index is 3.48. The van der Waals surface area contributed by atoms with Gasteiger partial charge in [-0.2, -0.15) is 0 Å². The molecule has 2 nitrogen and oxygen atoms in total. The van der Waals surface area contributed by atoms with Gasteiger partial charge in [0.15, 0.2) is 0 Å². The van der Waals surface area contributed by atoms with Crippen molar-refractivity contribution in [1.82, 2.24) is 0 Å². The molecule has 0 saturated heterocycles. The van der Waals surface area contributed by atoms with Crippen LogP contribution in [0.5, 0.6) is 0 Å². The van der Waals surface area contributed by atoms with E-state index in [4.69, 9.17) is 0 Å². The summed E-state index contributed by atoms with van der Waals surface area (Å²) in [4.78, 5) is 2.30. The molecule has 5 rings (SSSR count). The Morgan fingerprint density at radius 1 is 0.441 bits per heavy atom. The predicted molar refractivity (Wildman–Crippen MR) is 146 cm³/mol. The minimum absolute atomic E-state index is 1.08. The Morgan fingerprint density at radius 2 is 1.00 bits per heavy atom. The Morgan fingerprint density at radius 3 is 1.65 bits per heavy atom. The summed E-state index contributed by atoms with van der Waals surface area (Å²) in [5, 5.41) is 3.48. The van der Waals surface area contributed by atoms with Gasteiger partial charge in [-0.25, -0.2) is 0 Å². The number of nitrogens with zero attached hydrogens (tertiary/aromatic N) is 1. The lowest BCUT2D eigenvalue weighted by atomic mass is 10.0. The maximum atomic E-state index is 3.48. The lowest BCUT2D eigenvalue weighted by Gasteiger charge is -2.26. The Balaban J connectivity index is 1.40. The van der Waals surface area contributed by atoms with E-state index < -0.39 is 0 Å². The first kappa shape index (κ1) is 21.5. The molecule has 5 aromatic rings. The molecule has 0 bridgehead atoms. The number of para-hydroxylation sites is 1. The topological polar surface area (TPSA) is 15.3 Å². The molecule has 0 aromatic heterocycles. The lowest BCUT2D eigenvalue weighted by molar-refractivity contribution is 1.27. The summed E-state index contributed by atoms with van der Waals surface area (Å²) in [6.45, 7) is 4.24. The van der Waals surface area contributed by atoms with Crippen molar-refractivity contribution in [3.05, 3.63) is 139 Å². The molecule has 0 radical (unpaired) electrons. The van der Waals surface area contributed by atoms with E-state index in [-0.39, 0.29) is 0 Å². The van der Waals surface area contributed by atoms with Crippen LogP contribution in [-0.4, -0.2) is 0 Å². The minimum atomic E-state index is 1.08. The van der Waals surface area contributed by atoms with E-state index in [1.54, 1.807) is 0 Å². The Kier molecular flexibility index (Phi) is 6.13. The van der Waals surface area contributed by atoms with Gasteiger partial charge in [0, 0.05) is 28.4 Å². The molecule has 5 aromatic carbocycles. The Hall–Kier alpha value is -4.30. The first-order valence-corrected chi connectivity index (χ1v) is 11.6. The average Bonchev–Trinajstić information content (AvgIpc) is 2.86. The second-order valence-corrected chi connectivity index (χ2v) is 8.63. The third-order valence-corrected chi connectivity index (χ3v) is 5.92. The number of aryl methyl sites for hydroxylation is 2. The van der Waals surface area contributed by atoms with Gasteiger partial charge in [-0.05, 0) is 96.8 Å². The van der Waals surface area contributed by atoms with Gasteiger partial charge in [-0.3, -0.25) is 0 Å². The van der Waals surface area contributed by atoms with Crippen molar-refractivity contribution in [2.45, 2.75) is 13.8 Å². The average molecular weight is 441 g/mol. The van der Waals surface area contributed by atoms with Gasteiger partial charge in [0.25, 0.3) is 0 Å². The highest BCUT2D eigenvalue weighted by Crippen LogP contribution is 2.36. The van der Waals surface area contributed by atoms with Gasteiger partial charge < -0.3 is 10.2 Å². The monoisotopic (exact) mass is 440 g/mol. The summed E-state index contributed by atoms with van der Waals surface area (Å²) in [6.07, 6.45) is 0. The first-order valence-electron chi connectivity index (χ1n) is 11.6. The molecule has 0 saturated carbocycles. The van der Waals surface area contributed by atoms with Crippen molar-refractivity contribution >= 4 is 28.4 Å². The van der Waals surface area contributed by atoms with Crippen LogP contribution in [0.25, 0.3) is 11.1 Å². The molecule has 0 amide bonds. The molecule has 0 aliphatic carbocycles. The summed E-state index contributed by atoms with van der Waals surface area (Å²) in [6, 6.07) is 45.0. The van der Waals surface area contributed by atoms with Gasteiger partial charge in [0.2, 0.25) is 0 Å². The van der Waals surface area contributed by atoms with Crippen molar-refractivity contribution < 1.29 is 0 Å². The molecule has 1 N–H and O–H groups in total. The number of anilines is 5. The summed E-state index contributed by atoms with van der Waals surface area (Å²) in [7, 11) is 0. The number of benzene rings is 5. The standard InChI is InChI=1S/C32H28N2/c1-24-8-6-10-29(22-24)33-28-18-14-26(15-19-28)27-16-20-31(21-17-27)34(30-11-4-3-5-12-30)32-13-7-9-25(2)23-32/h3-23,33H,1-2H3. The van der Waals surface area contributed by atoms with Gasteiger partial charge in [-0.1, -0.05) is 66.7 Å². The molecule has 166 valence electrons. The fourth-order valence-electron chi connectivity index (χ4n) is 4.23. The van der Waals surface area contributed by atoms with Crippen LogP contribution in [0.1, 0.15) is 11.1 Å². The molecule has 0 unspecified atom stereocenters. The highest BCUT2D eigenvalue weighted by molar-refractivity contribution is 5.78. The lowest BCUT2D eigenvalue weighted by Crippen LogP contribution is -2.09. The zero-order valence-corrected chi connectivity index (χ0v) is 19.6. The van der Waals surface area contributed by atoms with Gasteiger partial charge in [0.05, 0.1) is 0 Å². The van der Waals surface area contributed by atoms with Crippen molar-refractivity contribution in [3.8, 4) is 11.1 Å². The fourth-order valence-corrected chi connectivity index (χ4v) is 4.23. The number of hydrogen-bond acceptors (Lipinski definition) is 2. The van der Waals surface area contributed by atoms with Crippen molar-refractivity contribution in [2.75, 3.05) is 10.2 Å². The third-order valence-electron chi connectivity index (χ3n) is 5.92. The van der Waals surface area contributed by atoms with Crippen molar-refractivity contribution in [2.24, 2.45) is 0 Å². The number of hydrogen-bond donors (Lipinski definition) is 1. The highest BCUT2D eigenvalue weighted by atomic mass is 15.1. The van der Waals surface area contributed by atoms with Crippen molar-refractivity contribution in [1.29, 1.82) is 0 Å². The van der Waals surface area contributed by atoms with E-state index >= 15 is 0 Å². The maximum Gasteiger partial charge on any atom is 0.0464 e. The zero-order valence-electron chi connectivity index (χ0n) is 19.6. The second kappa shape index (κ2) is 9.68. The smallest absolute Gasteiger partial charge is 0.0464 e. The summed E-state index contributed by atoms with van der Waals surface area (Å²) in [5.41, 5.74) is 10.5. The zero-order chi connectivity index (χ0) is 23.3. The quantitative estimate of drug-likeness (QED) is 0.283. The predicted octanol–water partition coefficient (Wildman–Crippen LogP) is 9.18. The minimum Gasteiger partial charge on any atom is -0.356 e. The molecule has 34 heavy (non-hydrogen) atoms. The normalized spacial score (nSPS) is 10.6. The molecule has 0 aliphatic rings. The van der Waals surface area contributed by atoms with Gasteiger partial charge >= 0.3 is 0 Å². The van der Waals surface area contributed by atoms with E-state index in [1.807, 2.05) is 0 Å². The SMILES string of the molecule is Cc1cccc(Nc2ccc(-c3ccc(N(c4ccccc4)c4cccc(C)c4)cc3)cc2)c1. The van der Waals surface area contributed by atoms with Crippen LogP contribution in [0.2, 0.25) is 0 Å². The van der Waals surface area contributed by atoms with Crippen molar-refractivity contribution in [3.63, 3.8) is 0 Å². The Labute approximate surface area is 202 Å².